The molecule has 10 heteroatoms. The van der Waals surface area contributed by atoms with Gasteiger partial charge in [0.1, 0.15) is 6.33 Å². The highest BCUT2D eigenvalue weighted by molar-refractivity contribution is 5.76. The van der Waals surface area contributed by atoms with E-state index in [2.05, 4.69) is 65.7 Å². The van der Waals surface area contributed by atoms with Crippen LogP contribution in [0.2, 0.25) is 0 Å². The summed E-state index contributed by atoms with van der Waals surface area (Å²) in [4.78, 5) is 25.2. The Hall–Kier alpha value is -3.11. The quantitative estimate of drug-likeness (QED) is 0.562. The number of hydrogen-bond acceptors (Lipinski definition) is 8. The highest BCUT2D eigenvalue weighted by atomic mass is 16.5. The molecule has 1 amide bonds. The summed E-state index contributed by atoms with van der Waals surface area (Å²) in [5.41, 5.74) is 2.37. The number of aromatic amines is 1. The molecule has 0 radical (unpaired) electrons. The van der Waals surface area contributed by atoms with Crippen LogP contribution in [0.25, 0.3) is 11.6 Å². The fraction of sp³-hybridized carbons (Fsp3) is 0.450. The van der Waals surface area contributed by atoms with Gasteiger partial charge in [0, 0.05) is 52.1 Å². The average molecular weight is 410 g/mol. The van der Waals surface area contributed by atoms with Crippen LogP contribution >= 0.6 is 0 Å². The van der Waals surface area contributed by atoms with Gasteiger partial charge in [0.2, 0.25) is 17.6 Å². The molecular formula is C20H26N8O2. The first kappa shape index (κ1) is 20.2. The van der Waals surface area contributed by atoms with Crippen LogP contribution < -0.4 is 5.32 Å². The van der Waals surface area contributed by atoms with E-state index in [1.165, 1.54) is 11.9 Å². The predicted octanol–water partition coefficient (Wildman–Crippen LogP) is 0.851. The second-order valence-electron chi connectivity index (χ2n) is 7.52. The lowest BCUT2D eigenvalue weighted by Crippen LogP contribution is -2.43. The van der Waals surface area contributed by atoms with E-state index in [0.29, 0.717) is 30.5 Å². The van der Waals surface area contributed by atoms with Crippen molar-refractivity contribution in [2.24, 2.45) is 0 Å². The lowest BCUT2D eigenvalue weighted by Gasteiger charge is -2.32. The molecule has 0 spiro atoms. The Labute approximate surface area is 174 Å². The van der Waals surface area contributed by atoms with Crippen molar-refractivity contribution < 1.29 is 9.32 Å². The van der Waals surface area contributed by atoms with Crippen molar-refractivity contribution in [3.05, 3.63) is 47.6 Å². The van der Waals surface area contributed by atoms with Crippen molar-refractivity contribution in [1.82, 2.24) is 40.4 Å². The molecule has 1 aliphatic heterocycles. The van der Waals surface area contributed by atoms with E-state index in [1.807, 2.05) is 6.07 Å². The average Bonchev–Trinajstić information content (AvgIpc) is 3.45. The third kappa shape index (κ3) is 5.49. The zero-order chi connectivity index (χ0) is 20.8. The van der Waals surface area contributed by atoms with Crippen molar-refractivity contribution in [3.8, 4) is 11.6 Å². The molecule has 2 aromatic heterocycles. The summed E-state index contributed by atoms with van der Waals surface area (Å²) in [6.45, 7) is 5.84. The molecule has 3 heterocycles. The van der Waals surface area contributed by atoms with Gasteiger partial charge in [-0.1, -0.05) is 29.4 Å². The topological polar surface area (TPSA) is 116 Å². The van der Waals surface area contributed by atoms with Gasteiger partial charge >= 0.3 is 0 Å². The SMILES string of the molecule is CN1CCN(Cc2cccc(CNC(=O)CCc3nc(-c4ncn[nH]4)no3)c2)CC1. The monoisotopic (exact) mass is 410 g/mol. The number of hydrogen-bond donors (Lipinski definition) is 2. The molecule has 0 atom stereocenters. The normalized spacial score (nSPS) is 15.4. The molecule has 3 aromatic rings. The Kier molecular flexibility index (Phi) is 6.45. The molecule has 4 rings (SSSR count). The minimum absolute atomic E-state index is 0.0566. The molecule has 1 aliphatic rings. The summed E-state index contributed by atoms with van der Waals surface area (Å²) in [6, 6.07) is 8.40. The minimum atomic E-state index is -0.0566. The molecule has 0 bridgehead atoms. The van der Waals surface area contributed by atoms with Gasteiger partial charge < -0.3 is 14.7 Å². The Balaban J connectivity index is 1.22. The summed E-state index contributed by atoms with van der Waals surface area (Å²) in [5, 5.41) is 13.2. The highest BCUT2D eigenvalue weighted by Gasteiger charge is 2.14. The minimum Gasteiger partial charge on any atom is -0.352 e. The molecule has 1 aromatic carbocycles. The van der Waals surface area contributed by atoms with Crippen molar-refractivity contribution in [2.45, 2.75) is 25.9 Å². The van der Waals surface area contributed by atoms with Gasteiger partial charge in [-0.2, -0.15) is 10.1 Å². The maximum absolute atomic E-state index is 12.2. The number of aryl methyl sites for hydroxylation is 1. The first-order valence-electron chi connectivity index (χ1n) is 10.1. The van der Waals surface area contributed by atoms with Crippen LogP contribution in [0.5, 0.6) is 0 Å². The highest BCUT2D eigenvalue weighted by Crippen LogP contribution is 2.12. The number of aromatic nitrogens is 5. The second-order valence-corrected chi connectivity index (χ2v) is 7.52. The third-order valence-electron chi connectivity index (χ3n) is 5.14. The summed E-state index contributed by atoms with van der Waals surface area (Å²) >= 11 is 0. The Morgan fingerprint density at radius 2 is 2.07 bits per heavy atom. The van der Waals surface area contributed by atoms with Crippen LogP contribution in [0.1, 0.15) is 23.4 Å². The van der Waals surface area contributed by atoms with E-state index in [-0.39, 0.29) is 12.3 Å². The van der Waals surface area contributed by atoms with Crippen molar-refractivity contribution in [3.63, 3.8) is 0 Å². The summed E-state index contributed by atoms with van der Waals surface area (Å²) in [5.74, 6) is 1.11. The molecule has 1 saturated heterocycles. The number of nitrogens with one attached hydrogen (secondary N) is 2. The number of likely N-dealkylation sites (N-methyl/N-ethyl adjacent to an activating group) is 1. The maximum atomic E-state index is 12.2. The number of nitrogens with zero attached hydrogens (tertiary/aromatic N) is 6. The smallest absolute Gasteiger partial charge is 0.239 e. The van der Waals surface area contributed by atoms with Crippen LogP contribution in [-0.2, 0) is 24.3 Å². The predicted molar refractivity (Wildman–Crippen MR) is 109 cm³/mol. The largest absolute Gasteiger partial charge is 0.352 e. The van der Waals surface area contributed by atoms with Crippen LogP contribution in [0, 0.1) is 0 Å². The van der Waals surface area contributed by atoms with Gasteiger partial charge in [0.05, 0.1) is 0 Å². The van der Waals surface area contributed by atoms with E-state index in [1.54, 1.807) is 0 Å². The van der Waals surface area contributed by atoms with Crippen molar-refractivity contribution in [2.75, 3.05) is 33.2 Å². The van der Waals surface area contributed by atoms with E-state index < -0.39 is 0 Å². The van der Waals surface area contributed by atoms with Crippen LogP contribution in [0.15, 0.2) is 35.1 Å². The van der Waals surface area contributed by atoms with Crippen molar-refractivity contribution >= 4 is 5.91 Å². The second kappa shape index (κ2) is 9.59. The summed E-state index contributed by atoms with van der Waals surface area (Å²) in [6.07, 6.45) is 2.02. The number of carbonyl (C=O) groups excluding carboxylic acids is 1. The molecule has 0 saturated carbocycles. The molecule has 158 valence electrons. The Morgan fingerprint density at radius 1 is 1.23 bits per heavy atom. The van der Waals surface area contributed by atoms with Gasteiger partial charge in [0.25, 0.3) is 0 Å². The van der Waals surface area contributed by atoms with E-state index in [4.69, 9.17) is 4.52 Å². The van der Waals surface area contributed by atoms with Crippen molar-refractivity contribution in [1.29, 1.82) is 0 Å². The molecule has 10 nitrogen and oxygen atoms in total. The van der Waals surface area contributed by atoms with Crippen LogP contribution in [0.4, 0.5) is 0 Å². The fourth-order valence-corrected chi connectivity index (χ4v) is 3.38. The molecule has 30 heavy (non-hydrogen) atoms. The number of rotatable bonds is 8. The van der Waals surface area contributed by atoms with Gasteiger partial charge in [0.15, 0.2) is 5.82 Å². The van der Waals surface area contributed by atoms with E-state index >= 15 is 0 Å². The van der Waals surface area contributed by atoms with Crippen LogP contribution in [-0.4, -0.2) is 74.3 Å². The molecule has 0 unspecified atom stereocenters. The molecular weight excluding hydrogens is 384 g/mol. The zero-order valence-corrected chi connectivity index (χ0v) is 17.0. The Bertz CT molecular complexity index is 947. The van der Waals surface area contributed by atoms with E-state index in [9.17, 15) is 4.79 Å². The lowest BCUT2D eigenvalue weighted by molar-refractivity contribution is -0.121. The zero-order valence-electron chi connectivity index (χ0n) is 17.0. The number of amides is 1. The molecule has 0 aliphatic carbocycles. The molecule has 2 N–H and O–H groups in total. The number of benzene rings is 1. The fourth-order valence-electron chi connectivity index (χ4n) is 3.38. The van der Waals surface area contributed by atoms with Gasteiger partial charge in [-0.25, -0.2) is 4.98 Å². The van der Waals surface area contributed by atoms with Gasteiger partial charge in [-0.15, -0.1) is 0 Å². The van der Waals surface area contributed by atoms with Gasteiger partial charge in [-0.3, -0.25) is 14.8 Å². The molecule has 1 fully saturated rings. The third-order valence-corrected chi connectivity index (χ3v) is 5.14. The van der Waals surface area contributed by atoms with E-state index in [0.717, 1.165) is 38.3 Å². The first-order valence-corrected chi connectivity index (χ1v) is 10.1. The number of carbonyl (C=O) groups is 1. The first-order chi connectivity index (χ1) is 14.7. The summed E-state index contributed by atoms with van der Waals surface area (Å²) < 4.78 is 5.16. The standard InChI is InChI=1S/C20H26N8O2/c1-27-7-9-28(10-8-27)13-16-4-2-3-15(11-16)12-21-17(29)5-6-18-24-20(26-30-18)19-22-14-23-25-19/h2-4,11,14H,5-10,12-13H2,1H3,(H,21,29)(H,22,23,25). The number of piperazine rings is 1. The number of H-pyrrole nitrogens is 1. The summed E-state index contributed by atoms with van der Waals surface area (Å²) in [7, 11) is 2.16. The maximum Gasteiger partial charge on any atom is 0.239 e. The van der Waals surface area contributed by atoms with Gasteiger partial charge in [-0.05, 0) is 18.2 Å². The Morgan fingerprint density at radius 3 is 2.87 bits per heavy atom. The van der Waals surface area contributed by atoms with Crippen LogP contribution in [0.3, 0.4) is 0 Å². The lowest BCUT2D eigenvalue weighted by atomic mass is 10.1.